The van der Waals surface area contributed by atoms with Crippen LogP contribution in [0.15, 0.2) is 29.3 Å². The molecule has 2 amide bonds. The summed E-state index contributed by atoms with van der Waals surface area (Å²) in [7, 11) is 4.82. The highest BCUT2D eigenvalue weighted by Gasteiger charge is 2.07. The number of guanidine groups is 1. The molecule has 0 atom stereocenters. The van der Waals surface area contributed by atoms with E-state index in [4.69, 9.17) is 0 Å². The minimum absolute atomic E-state index is 0.0632. The summed E-state index contributed by atoms with van der Waals surface area (Å²) in [6.07, 6.45) is 0. The fourth-order valence-electron chi connectivity index (χ4n) is 1.47. The quantitative estimate of drug-likeness (QED) is 0.529. The van der Waals surface area contributed by atoms with Crippen molar-refractivity contribution in [1.29, 1.82) is 0 Å². The molecule has 0 unspecified atom stereocenters. The number of hydrogen-bond donors (Lipinski definition) is 3. The fraction of sp³-hybridized carbons (Fsp3) is 0.357. The lowest BCUT2D eigenvalue weighted by Gasteiger charge is -2.14. The zero-order chi connectivity index (χ0) is 16.5. The molecule has 1 rings (SSSR count). The molecule has 0 saturated carbocycles. The fourth-order valence-corrected chi connectivity index (χ4v) is 1.47. The van der Waals surface area contributed by atoms with Crippen LogP contribution in [0.5, 0.6) is 0 Å². The van der Waals surface area contributed by atoms with Crippen molar-refractivity contribution in [2.45, 2.75) is 0 Å². The number of amides is 2. The molecule has 120 valence electrons. The van der Waals surface area contributed by atoms with Crippen molar-refractivity contribution in [3.8, 4) is 0 Å². The molecule has 22 heavy (non-hydrogen) atoms. The van der Waals surface area contributed by atoms with E-state index >= 15 is 0 Å². The first kappa shape index (κ1) is 17.4. The third-order valence-electron chi connectivity index (χ3n) is 2.65. The molecule has 3 N–H and O–H groups in total. The van der Waals surface area contributed by atoms with Crippen LogP contribution in [-0.4, -0.2) is 56.9 Å². The molecule has 0 radical (unpaired) electrons. The second kappa shape index (κ2) is 8.60. The predicted octanol–water partition coefficient (Wildman–Crippen LogP) is 0.0174. The van der Waals surface area contributed by atoms with Gasteiger partial charge in [-0.2, -0.15) is 0 Å². The van der Waals surface area contributed by atoms with E-state index in [1.165, 1.54) is 30.1 Å². The normalized spacial score (nSPS) is 10.8. The Morgan fingerprint density at radius 2 is 1.91 bits per heavy atom. The van der Waals surface area contributed by atoms with Gasteiger partial charge in [0.15, 0.2) is 5.96 Å². The van der Waals surface area contributed by atoms with E-state index in [-0.39, 0.29) is 24.9 Å². The second-order valence-corrected chi connectivity index (χ2v) is 4.63. The largest absolute Gasteiger partial charge is 0.347 e. The monoisotopic (exact) mass is 309 g/mol. The molecule has 0 aliphatic carbocycles. The maximum Gasteiger partial charge on any atom is 0.243 e. The summed E-state index contributed by atoms with van der Waals surface area (Å²) < 4.78 is 13.0. The third-order valence-corrected chi connectivity index (χ3v) is 2.65. The minimum Gasteiger partial charge on any atom is -0.347 e. The first-order valence-electron chi connectivity index (χ1n) is 6.62. The summed E-state index contributed by atoms with van der Waals surface area (Å²) in [4.78, 5) is 28.5. The number of benzene rings is 1. The van der Waals surface area contributed by atoms with Gasteiger partial charge in [0, 0.05) is 26.8 Å². The van der Waals surface area contributed by atoms with Gasteiger partial charge in [0.2, 0.25) is 11.8 Å². The molecule has 0 aliphatic rings. The van der Waals surface area contributed by atoms with Gasteiger partial charge in [0.25, 0.3) is 0 Å². The number of nitrogens with one attached hydrogen (secondary N) is 3. The van der Waals surface area contributed by atoms with Gasteiger partial charge in [0.05, 0.1) is 13.1 Å². The molecular formula is C14H20FN5O2. The molecule has 0 spiro atoms. The van der Waals surface area contributed by atoms with E-state index < -0.39 is 5.82 Å². The smallest absolute Gasteiger partial charge is 0.243 e. The van der Waals surface area contributed by atoms with Crippen molar-refractivity contribution in [2.75, 3.05) is 39.5 Å². The number of halogens is 1. The first-order valence-corrected chi connectivity index (χ1v) is 6.62. The lowest BCUT2D eigenvalue weighted by atomic mass is 10.3. The number of carbonyl (C=O) groups excluding carboxylic acids is 2. The number of hydrogen-bond acceptors (Lipinski definition) is 3. The van der Waals surface area contributed by atoms with Crippen molar-refractivity contribution >= 4 is 23.5 Å². The Labute approximate surface area is 128 Å². The van der Waals surface area contributed by atoms with Crippen molar-refractivity contribution < 1.29 is 14.0 Å². The Bertz CT molecular complexity index is 560. The Kier molecular flexibility index (Phi) is 6.81. The number of aliphatic imine (C=N–C) groups is 1. The Hall–Kier alpha value is -2.64. The van der Waals surface area contributed by atoms with Crippen molar-refractivity contribution in [2.24, 2.45) is 4.99 Å². The van der Waals surface area contributed by atoms with Crippen LogP contribution in [0.1, 0.15) is 0 Å². The van der Waals surface area contributed by atoms with Gasteiger partial charge in [-0.3, -0.25) is 14.6 Å². The summed E-state index contributed by atoms with van der Waals surface area (Å²) in [6.45, 7) is 0.00449. The van der Waals surface area contributed by atoms with Crippen LogP contribution in [0.25, 0.3) is 0 Å². The summed E-state index contributed by atoms with van der Waals surface area (Å²) in [5.74, 6) is -0.574. The second-order valence-electron chi connectivity index (χ2n) is 4.63. The van der Waals surface area contributed by atoms with Crippen LogP contribution in [0.2, 0.25) is 0 Å². The minimum atomic E-state index is -0.426. The van der Waals surface area contributed by atoms with Crippen LogP contribution >= 0.6 is 0 Å². The standard InChI is InChI=1S/C14H20FN5O2/c1-16-14(18-9-13(22)20(2)3)17-8-12(21)19-11-6-4-5-10(15)7-11/h4-7H,8-9H2,1-3H3,(H,19,21)(H2,16,17,18). The third kappa shape index (κ3) is 6.21. The number of carbonyl (C=O) groups is 2. The molecular weight excluding hydrogens is 289 g/mol. The van der Waals surface area contributed by atoms with Gasteiger partial charge in [-0.1, -0.05) is 6.07 Å². The zero-order valence-corrected chi connectivity index (χ0v) is 12.8. The average Bonchev–Trinajstić information content (AvgIpc) is 2.47. The maximum absolute atomic E-state index is 13.0. The Morgan fingerprint density at radius 3 is 2.50 bits per heavy atom. The lowest BCUT2D eigenvalue weighted by molar-refractivity contribution is -0.127. The van der Waals surface area contributed by atoms with Crippen LogP contribution < -0.4 is 16.0 Å². The van der Waals surface area contributed by atoms with Gasteiger partial charge in [-0.05, 0) is 18.2 Å². The number of anilines is 1. The van der Waals surface area contributed by atoms with E-state index in [0.717, 1.165) is 0 Å². The SMILES string of the molecule is CN=C(NCC(=O)Nc1cccc(F)c1)NCC(=O)N(C)C. The first-order chi connectivity index (χ1) is 10.4. The van der Waals surface area contributed by atoms with Crippen LogP contribution in [0, 0.1) is 5.82 Å². The van der Waals surface area contributed by atoms with Gasteiger partial charge in [-0.25, -0.2) is 4.39 Å². The van der Waals surface area contributed by atoms with Gasteiger partial charge in [-0.15, -0.1) is 0 Å². The summed E-state index contributed by atoms with van der Waals surface area (Å²) in [5.41, 5.74) is 0.373. The summed E-state index contributed by atoms with van der Waals surface area (Å²) >= 11 is 0. The molecule has 0 aliphatic heterocycles. The lowest BCUT2D eigenvalue weighted by Crippen LogP contribution is -2.45. The van der Waals surface area contributed by atoms with E-state index in [9.17, 15) is 14.0 Å². The zero-order valence-electron chi connectivity index (χ0n) is 12.8. The molecule has 7 nitrogen and oxygen atoms in total. The van der Waals surface area contributed by atoms with Gasteiger partial charge in [0.1, 0.15) is 5.82 Å². The number of nitrogens with zero attached hydrogens (tertiary/aromatic N) is 2. The molecule has 0 fully saturated rings. The van der Waals surface area contributed by atoms with Crippen LogP contribution in [-0.2, 0) is 9.59 Å². The predicted molar refractivity (Wildman–Crippen MR) is 83.1 cm³/mol. The van der Waals surface area contributed by atoms with E-state index in [1.54, 1.807) is 20.2 Å². The van der Waals surface area contributed by atoms with Gasteiger partial charge < -0.3 is 20.9 Å². The molecule has 1 aromatic carbocycles. The van der Waals surface area contributed by atoms with Crippen LogP contribution in [0.4, 0.5) is 10.1 Å². The van der Waals surface area contributed by atoms with E-state index in [1.807, 2.05) is 0 Å². The molecule has 0 aromatic heterocycles. The van der Waals surface area contributed by atoms with E-state index in [2.05, 4.69) is 20.9 Å². The summed E-state index contributed by atoms with van der Waals surface area (Å²) in [5, 5.41) is 8.09. The summed E-state index contributed by atoms with van der Waals surface area (Å²) in [6, 6.07) is 5.61. The number of likely N-dealkylation sites (N-methyl/N-ethyl adjacent to an activating group) is 1. The highest BCUT2D eigenvalue weighted by molar-refractivity contribution is 5.95. The molecule has 0 bridgehead atoms. The highest BCUT2D eigenvalue weighted by atomic mass is 19.1. The molecule has 1 aromatic rings. The Morgan fingerprint density at radius 1 is 1.23 bits per heavy atom. The highest BCUT2D eigenvalue weighted by Crippen LogP contribution is 2.08. The maximum atomic E-state index is 13.0. The van der Waals surface area contributed by atoms with Crippen molar-refractivity contribution in [3.05, 3.63) is 30.1 Å². The van der Waals surface area contributed by atoms with Crippen molar-refractivity contribution in [3.63, 3.8) is 0 Å². The van der Waals surface area contributed by atoms with Gasteiger partial charge >= 0.3 is 0 Å². The van der Waals surface area contributed by atoms with Crippen LogP contribution in [0.3, 0.4) is 0 Å². The van der Waals surface area contributed by atoms with Crippen molar-refractivity contribution in [1.82, 2.24) is 15.5 Å². The topological polar surface area (TPSA) is 85.8 Å². The van der Waals surface area contributed by atoms with E-state index in [0.29, 0.717) is 11.6 Å². The molecule has 0 saturated heterocycles. The molecule has 0 heterocycles. The number of rotatable bonds is 5. The molecule has 8 heteroatoms. The average molecular weight is 309 g/mol. The Balaban J connectivity index is 2.40.